The minimum absolute atomic E-state index is 0.109. The Labute approximate surface area is 126 Å². The molecule has 1 aliphatic heterocycles. The minimum atomic E-state index is -0.109. The fourth-order valence-electron chi connectivity index (χ4n) is 3.16. The number of aliphatic hydroxyl groups excluding tert-OH is 1. The smallest absolute Gasteiger partial charge is 0.134 e. The third kappa shape index (κ3) is 3.30. The molecule has 3 heteroatoms. The Bertz CT molecular complexity index is 582. The summed E-state index contributed by atoms with van der Waals surface area (Å²) >= 11 is 0. The molecule has 0 spiro atoms. The van der Waals surface area contributed by atoms with Crippen LogP contribution >= 0.6 is 0 Å². The Morgan fingerprint density at radius 2 is 2.00 bits per heavy atom. The number of hydrogen-bond donors (Lipinski definition) is 1. The molecule has 3 rings (SSSR count). The molecule has 3 nitrogen and oxygen atoms in total. The highest BCUT2D eigenvalue weighted by atomic mass is 16.3. The molecule has 0 amide bonds. The molecule has 0 radical (unpaired) electrons. The molecular formula is C18H25NO2. The van der Waals surface area contributed by atoms with Crippen LogP contribution in [0.2, 0.25) is 0 Å². The second-order valence-corrected chi connectivity index (χ2v) is 6.11. The van der Waals surface area contributed by atoms with E-state index in [2.05, 4.69) is 30.0 Å². The molecule has 0 bridgehead atoms. The molecule has 114 valence electrons. The topological polar surface area (TPSA) is 36.6 Å². The Morgan fingerprint density at radius 1 is 1.24 bits per heavy atom. The number of hydrogen-bond acceptors (Lipinski definition) is 3. The summed E-state index contributed by atoms with van der Waals surface area (Å²) in [7, 11) is 0. The van der Waals surface area contributed by atoms with Crippen molar-refractivity contribution >= 4 is 11.0 Å². The Kier molecular flexibility index (Phi) is 4.61. The summed E-state index contributed by atoms with van der Waals surface area (Å²) in [5.41, 5.74) is 2.37. The number of para-hydroxylation sites is 1. The maximum atomic E-state index is 9.65. The van der Waals surface area contributed by atoms with Crippen LogP contribution in [-0.4, -0.2) is 29.2 Å². The Hall–Kier alpha value is -1.32. The first-order valence-electron chi connectivity index (χ1n) is 8.17. The van der Waals surface area contributed by atoms with Crippen LogP contribution in [0.4, 0.5) is 0 Å². The fourth-order valence-corrected chi connectivity index (χ4v) is 3.16. The largest absolute Gasteiger partial charge is 0.461 e. The predicted octanol–water partition coefficient (Wildman–Crippen LogP) is 3.73. The van der Waals surface area contributed by atoms with E-state index in [1.807, 2.05) is 6.07 Å². The lowest BCUT2D eigenvalue weighted by Gasteiger charge is -2.29. The number of fused-ring (bicyclic) bond motifs is 1. The van der Waals surface area contributed by atoms with Crippen molar-refractivity contribution in [1.82, 2.24) is 4.90 Å². The monoisotopic (exact) mass is 287 g/mol. The van der Waals surface area contributed by atoms with Crippen molar-refractivity contribution in [2.75, 3.05) is 13.1 Å². The Balaban J connectivity index is 1.84. The van der Waals surface area contributed by atoms with Gasteiger partial charge in [-0.1, -0.05) is 31.5 Å². The number of piperidine rings is 1. The molecule has 1 N–H and O–H groups in total. The summed E-state index contributed by atoms with van der Waals surface area (Å²) in [6, 6.07) is 8.36. The second kappa shape index (κ2) is 6.63. The van der Waals surface area contributed by atoms with Crippen molar-refractivity contribution in [3.8, 4) is 0 Å². The highest BCUT2D eigenvalue weighted by molar-refractivity contribution is 5.82. The molecule has 0 atom stereocenters. The third-order valence-corrected chi connectivity index (χ3v) is 4.48. The number of nitrogens with zero attached hydrogens (tertiary/aromatic N) is 1. The van der Waals surface area contributed by atoms with Gasteiger partial charge in [0.05, 0.1) is 6.10 Å². The standard InChI is InChI=1S/C18H25NO2/c1-2-3-7-18-16(13-19-11-9-14(20)10-12-19)15-6-4-5-8-17(15)21-18/h4-6,8,14,20H,2-3,7,9-13H2,1H3. The molecule has 1 aliphatic rings. The van der Waals surface area contributed by atoms with Gasteiger partial charge >= 0.3 is 0 Å². The van der Waals surface area contributed by atoms with Crippen molar-refractivity contribution in [3.63, 3.8) is 0 Å². The van der Waals surface area contributed by atoms with Crippen LogP contribution in [0.3, 0.4) is 0 Å². The van der Waals surface area contributed by atoms with E-state index in [9.17, 15) is 5.11 Å². The van der Waals surface area contributed by atoms with Gasteiger partial charge in [0.25, 0.3) is 0 Å². The minimum Gasteiger partial charge on any atom is -0.461 e. The maximum absolute atomic E-state index is 9.65. The average molecular weight is 287 g/mol. The summed E-state index contributed by atoms with van der Waals surface area (Å²) in [5.74, 6) is 1.16. The zero-order chi connectivity index (χ0) is 14.7. The van der Waals surface area contributed by atoms with Crippen LogP contribution in [0.15, 0.2) is 28.7 Å². The molecule has 1 fully saturated rings. The summed E-state index contributed by atoms with van der Waals surface area (Å²) in [6.07, 6.45) is 5.05. The summed E-state index contributed by atoms with van der Waals surface area (Å²) in [4.78, 5) is 2.44. The van der Waals surface area contributed by atoms with Gasteiger partial charge in [-0.3, -0.25) is 4.90 Å². The number of rotatable bonds is 5. The predicted molar refractivity (Wildman–Crippen MR) is 85.3 cm³/mol. The number of likely N-dealkylation sites (tertiary alicyclic amines) is 1. The third-order valence-electron chi connectivity index (χ3n) is 4.48. The van der Waals surface area contributed by atoms with E-state index in [0.717, 1.165) is 50.2 Å². The normalized spacial score (nSPS) is 17.6. The molecule has 0 unspecified atom stereocenters. The van der Waals surface area contributed by atoms with Crippen LogP contribution in [0, 0.1) is 0 Å². The second-order valence-electron chi connectivity index (χ2n) is 6.11. The quantitative estimate of drug-likeness (QED) is 0.910. The van der Waals surface area contributed by atoms with Crippen molar-refractivity contribution in [3.05, 3.63) is 35.6 Å². The lowest BCUT2D eigenvalue weighted by molar-refractivity contribution is 0.0791. The molecule has 1 aromatic heterocycles. The van der Waals surface area contributed by atoms with Gasteiger partial charge < -0.3 is 9.52 Å². The molecule has 2 aromatic rings. The molecule has 1 aromatic carbocycles. The van der Waals surface area contributed by atoms with Crippen LogP contribution in [0.5, 0.6) is 0 Å². The molecule has 1 saturated heterocycles. The van der Waals surface area contributed by atoms with Crippen LogP contribution in [0.25, 0.3) is 11.0 Å². The lowest BCUT2D eigenvalue weighted by Crippen LogP contribution is -2.35. The number of furan rings is 1. The molecule has 0 saturated carbocycles. The Morgan fingerprint density at radius 3 is 2.76 bits per heavy atom. The average Bonchev–Trinajstić information content (AvgIpc) is 2.85. The van der Waals surface area contributed by atoms with E-state index in [4.69, 9.17) is 4.42 Å². The van der Waals surface area contributed by atoms with Crippen LogP contribution in [0.1, 0.15) is 43.9 Å². The van der Waals surface area contributed by atoms with Gasteiger partial charge in [-0.2, -0.15) is 0 Å². The zero-order valence-corrected chi connectivity index (χ0v) is 12.8. The van der Waals surface area contributed by atoms with Gasteiger partial charge in [0, 0.05) is 37.0 Å². The highest BCUT2D eigenvalue weighted by Gasteiger charge is 2.21. The first kappa shape index (κ1) is 14.6. The number of unbranched alkanes of at least 4 members (excludes halogenated alkanes) is 1. The van der Waals surface area contributed by atoms with E-state index in [-0.39, 0.29) is 6.10 Å². The van der Waals surface area contributed by atoms with Crippen molar-refractivity contribution in [1.29, 1.82) is 0 Å². The van der Waals surface area contributed by atoms with E-state index in [1.165, 1.54) is 23.8 Å². The zero-order valence-electron chi connectivity index (χ0n) is 12.8. The van der Waals surface area contributed by atoms with Crippen LogP contribution in [-0.2, 0) is 13.0 Å². The van der Waals surface area contributed by atoms with E-state index in [0.29, 0.717) is 0 Å². The number of benzene rings is 1. The van der Waals surface area contributed by atoms with Gasteiger partial charge in [0.15, 0.2) is 0 Å². The molecule has 21 heavy (non-hydrogen) atoms. The number of aliphatic hydroxyl groups is 1. The van der Waals surface area contributed by atoms with E-state index in [1.54, 1.807) is 0 Å². The lowest BCUT2D eigenvalue weighted by atomic mass is 10.0. The first-order valence-corrected chi connectivity index (χ1v) is 8.17. The van der Waals surface area contributed by atoms with Gasteiger partial charge in [-0.05, 0) is 25.3 Å². The maximum Gasteiger partial charge on any atom is 0.134 e. The van der Waals surface area contributed by atoms with Gasteiger partial charge in [-0.25, -0.2) is 0 Å². The van der Waals surface area contributed by atoms with E-state index < -0.39 is 0 Å². The van der Waals surface area contributed by atoms with Crippen molar-refractivity contribution in [2.45, 2.75) is 51.7 Å². The molecule has 2 heterocycles. The molecule has 0 aliphatic carbocycles. The van der Waals surface area contributed by atoms with Crippen molar-refractivity contribution < 1.29 is 9.52 Å². The summed E-state index contributed by atoms with van der Waals surface area (Å²) in [6.45, 7) is 5.12. The SMILES string of the molecule is CCCCc1oc2ccccc2c1CN1CCC(O)CC1. The molecular weight excluding hydrogens is 262 g/mol. The van der Waals surface area contributed by atoms with Gasteiger partial charge in [0.1, 0.15) is 11.3 Å². The van der Waals surface area contributed by atoms with E-state index >= 15 is 0 Å². The fraction of sp³-hybridized carbons (Fsp3) is 0.556. The van der Waals surface area contributed by atoms with Crippen molar-refractivity contribution in [2.24, 2.45) is 0 Å². The number of aryl methyl sites for hydroxylation is 1. The van der Waals surface area contributed by atoms with Crippen LogP contribution < -0.4 is 0 Å². The van der Waals surface area contributed by atoms with Gasteiger partial charge in [-0.15, -0.1) is 0 Å². The first-order chi connectivity index (χ1) is 10.3. The summed E-state index contributed by atoms with van der Waals surface area (Å²) in [5, 5.41) is 10.9. The van der Waals surface area contributed by atoms with Gasteiger partial charge in [0.2, 0.25) is 0 Å². The highest BCUT2D eigenvalue weighted by Crippen LogP contribution is 2.29. The summed E-state index contributed by atoms with van der Waals surface area (Å²) < 4.78 is 6.09.